The summed E-state index contributed by atoms with van der Waals surface area (Å²) in [6.07, 6.45) is 2.48. The van der Waals surface area contributed by atoms with Crippen LogP contribution in [0, 0.1) is 5.82 Å². The topological polar surface area (TPSA) is 42.0 Å². The van der Waals surface area contributed by atoms with Crippen LogP contribution in [-0.4, -0.2) is 44.2 Å². The summed E-state index contributed by atoms with van der Waals surface area (Å²) in [7, 11) is 1.60. The normalized spacial score (nSPS) is 12.9. The van der Waals surface area contributed by atoms with Gasteiger partial charge in [-0.1, -0.05) is 54.6 Å². The molecule has 4 aromatic carbocycles. The molecule has 40 heavy (non-hydrogen) atoms. The van der Waals surface area contributed by atoms with Crippen molar-refractivity contribution in [2.24, 2.45) is 0 Å². The third-order valence-corrected chi connectivity index (χ3v) is 7.06. The van der Waals surface area contributed by atoms with Crippen LogP contribution in [0.3, 0.4) is 0 Å². The van der Waals surface area contributed by atoms with Crippen LogP contribution in [0.25, 0.3) is 11.1 Å². The first-order valence-electron chi connectivity index (χ1n) is 13.4. The lowest BCUT2D eigenvalue weighted by Crippen LogP contribution is -2.30. The molecule has 0 saturated carbocycles. The van der Waals surface area contributed by atoms with Gasteiger partial charge in [-0.3, -0.25) is 9.69 Å². The molecule has 1 heterocycles. The van der Waals surface area contributed by atoms with E-state index in [4.69, 9.17) is 9.47 Å². The van der Waals surface area contributed by atoms with Crippen molar-refractivity contribution in [2.45, 2.75) is 19.4 Å². The fourth-order valence-corrected chi connectivity index (χ4v) is 4.88. The second-order valence-corrected chi connectivity index (χ2v) is 9.69. The van der Waals surface area contributed by atoms with Crippen molar-refractivity contribution >= 4 is 24.0 Å². The predicted octanol–water partition coefficient (Wildman–Crippen LogP) is 7.24. The van der Waals surface area contributed by atoms with Gasteiger partial charge >= 0.3 is 0 Å². The van der Waals surface area contributed by atoms with E-state index < -0.39 is 0 Å². The van der Waals surface area contributed by atoms with Crippen molar-refractivity contribution in [3.8, 4) is 22.6 Å². The molecule has 0 unspecified atom stereocenters. The minimum Gasteiger partial charge on any atom is -0.493 e. The quantitative estimate of drug-likeness (QED) is 0.205. The van der Waals surface area contributed by atoms with Crippen LogP contribution in [0.15, 0.2) is 97.1 Å². The van der Waals surface area contributed by atoms with Gasteiger partial charge in [0.15, 0.2) is 11.5 Å². The summed E-state index contributed by atoms with van der Waals surface area (Å²) in [5.74, 6) is 0.723. The number of ether oxygens (including phenoxy) is 2. The average Bonchev–Trinajstić information content (AvgIpc) is 3.51. The number of rotatable bonds is 10. The molecule has 1 fully saturated rings. The van der Waals surface area contributed by atoms with Gasteiger partial charge in [0.1, 0.15) is 12.4 Å². The number of likely N-dealkylation sites (tertiary alicyclic amines) is 1. The molecule has 5 rings (SSSR count). The Morgan fingerprint density at radius 1 is 0.850 bits per heavy atom. The molecule has 1 aliphatic rings. The van der Waals surface area contributed by atoms with Gasteiger partial charge < -0.3 is 14.4 Å². The maximum atomic E-state index is 13.8. The van der Waals surface area contributed by atoms with E-state index in [0.29, 0.717) is 29.4 Å². The van der Waals surface area contributed by atoms with E-state index in [9.17, 15) is 9.18 Å². The van der Waals surface area contributed by atoms with Crippen molar-refractivity contribution in [3.63, 3.8) is 0 Å². The van der Waals surface area contributed by atoms with Crippen molar-refractivity contribution in [3.05, 3.63) is 114 Å². The minimum absolute atomic E-state index is 0. The summed E-state index contributed by atoms with van der Waals surface area (Å²) in [6.45, 7) is 3.96. The molecule has 1 amide bonds. The van der Waals surface area contributed by atoms with Crippen LogP contribution in [0.1, 0.15) is 28.8 Å². The van der Waals surface area contributed by atoms with Gasteiger partial charge in [0.05, 0.1) is 13.7 Å². The number of benzene rings is 4. The van der Waals surface area contributed by atoms with Crippen LogP contribution >= 0.6 is 12.4 Å². The SMILES string of the molecule is COc1cc(N(Cc2ccc(F)cc2)C(=O)c2ccc(-c3ccccc3)cc2)ccc1OCCN1CCCC1.Cl. The Morgan fingerprint density at radius 3 is 2.20 bits per heavy atom. The lowest BCUT2D eigenvalue weighted by molar-refractivity contribution is 0.0985. The Morgan fingerprint density at radius 2 is 1.52 bits per heavy atom. The molecular formula is C33H34ClFN2O3. The van der Waals surface area contributed by atoms with E-state index in [-0.39, 0.29) is 30.7 Å². The van der Waals surface area contributed by atoms with Crippen molar-refractivity contribution in [1.82, 2.24) is 4.90 Å². The lowest BCUT2D eigenvalue weighted by Gasteiger charge is -2.25. The summed E-state index contributed by atoms with van der Waals surface area (Å²) < 4.78 is 25.3. The number of hydrogen-bond donors (Lipinski definition) is 0. The van der Waals surface area contributed by atoms with Crippen molar-refractivity contribution < 1.29 is 18.7 Å². The predicted molar refractivity (Wildman–Crippen MR) is 160 cm³/mol. The number of carbonyl (C=O) groups is 1. The molecule has 7 heteroatoms. The van der Waals surface area contributed by atoms with Crippen LogP contribution in [0.2, 0.25) is 0 Å². The van der Waals surface area contributed by atoms with Crippen LogP contribution in [0.4, 0.5) is 10.1 Å². The van der Waals surface area contributed by atoms with Crippen molar-refractivity contribution in [1.29, 1.82) is 0 Å². The first-order chi connectivity index (χ1) is 19.1. The highest BCUT2D eigenvalue weighted by Gasteiger charge is 2.21. The van der Waals surface area contributed by atoms with Gasteiger partial charge in [-0.2, -0.15) is 0 Å². The highest BCUT2D eigenvalue weighted by molar-refractivity contribution is 6.06. The summed E-state index contributed by atoms with van der Waals surface area (Å²) in [4.78, 5) is 17.9. The van der Waals surface area contributed by atoms with Gasteiger partial charge in [0.25, 0.3) is 5.91 Å². The second kappa shape index (κ2) is 14.0. The molecular weight excluding hydrogens is 527 g/mol. The Labute approximate surface area is 241 Å². The van der Waals surface area contributed by atoms with E-state index in [0.717, 1.165) is 36.3 Å². The highest BCUT2D eigenvalue weighted by Crippen LogP contribution is 2.33. The summed E-state index contributed by atoms with van der Waals surface area (Å²) in [5, 5.41) is 0. The lowest BCUT2D eigenvalue weighted by atomic mass is 10.0. The molecule has 0 N–H and O–H groups in total. The molecule has 0 spiro atoms. The number of methoxy groups -OCH3 is 1. The zero-order chi connectivity index (χ0) is 27.0. The van der Waals surface area contributed by atoms with Gasteiger partial charge in [0.2, 0.25) is 0 Å². The maximum Gasteiger partial charge on any atom is 0.258 e. The summed E-state index contributed by atoms with van der Waals surface area (Å²) >= 11 is 0. The van der Waals surface area contributed by atoms with E-state index in [1.807, 2.05) is 72.8 Å². The zero-order valence-corrected chi connectivity index (χ0v) is 23.4. The molecule has 4 aromatic rings. The molecule has 0 aliphatic carbocycles. The largest absolute Gasteiger partial charge is 0.493 e. The van der Waals surface area contributed by atoms with Gasteiger partial charge in [-0.05, 0) is 79.0 Å². The summed E-state index contributed by atoms with van der Waals surface area (Å²) in [5.41, 5.74) is 4.16. The Bertz CT molecular complexity index is 1380. The molecule has 208 valence electrons. The zero-order valence-electron chi connectivity index (χ0n) is 22.6. The fraction of sp³-hybridized carbons (Fsp3) is 0.242. The van der Waals surface area contributed by atoms with E-state index in [1.54, 1.807) is 24.1 Å². The molecule has 0 bridgehead atoms. The maximum absolute atomic E-state index is 13.8. The Kier molecular flexibility index (Phi) is 10.2. The average molecular weight is 561 g/mol. The highest BCUT2D eigenvalue weighted by atomic mass is 35.5. The smallest absolute Gasteiger partial charge is 0.258 e. The van der Waals surface area contributed by atoms with Gasteiger partial charge in [-0.25, -0.2) is 4.39 Å². The van der Waals surface area contributed by atoms with E-state index in [1.165, 1.54) is 25.0 Å². The molecule has 0 aromatic heterocycles. The number of hydrogen-bond acceptors (Lipinski definition) is 4. The molecule has 1 aliphatic heterocycles. The number of amides is 1. The Balaban J connectivity index is 0.00000370. The number of carbonyl (C=O) groups excluding carboxylic acids is 1. The summed E-state index contributed by atoms with van der Waals surface area (Å²) in [6, 6.07) is 29.4. The van der Waals surface area contributed by atoms with Crippen LogP contribution < -0.4 is 14.4 Å². The fourth-order valence-electron chi connectivity index (χ4n) is 4.88. The van der Waals surface area contributed by atoms with E-state index in [2.05, 4.69) is 4.90 Å². The standard InChI is InChI=1S/C33H33FN2O3.ClH/c1-38-32-23-30(17-18-31(32)39-22-21-35-19-5-6-20-35)36(24-25-9-15-29(34)16-10-25)33(37)28-13-11-27(12-14-28)26-7-3-2-4-8-26;/h2-4,7-18,23H,5-6,19-22,24H2,1H3;1H. The molecule has 1 saturated heterocycles. The number of nitrogens with zero attached hydrogens (tertiary/aromatic N) is 2. The van der Waals surface area contributed by atoms with Crippen molar-refractivity contribution in [2.75, 3.05) is 38.3 Å². The minimum atomic E-state index is -0.315. The Hall–Kier alpha value is -3.87. The molecule has 0 atom stereocenters. The third-order valence-electron chi connectivity index (χ3n) is 7.06. The monoisotopic (exact) mass is 560 g/mol. The first kappa shape index (κ1) is 29.1. The number of halogens is 2. The number of anilines is 1. The third kappa shape index (κ3) is 7.20. The van der Waals surface area contributed by atoms with Crippen LogP contribution in [0.5, 0.6) is 11.5 Å². The molecule has 0 radical (unpaired) electrons. The first-order valence-corrected chi connectivity index (χ1v) is 13.4. The van der Waals surface area contributed by atoms with Crippen LogP contribution in [-0.2, 0) is 6.54 Å². The van der Waals surface area contributed by atoms with E-state index >= 15 is 0 Å². The van der Waals surface area contributed by atoms with Gasteiger partial charge in [-0.15, -0.1) is 12.4 Å². The van der Waals surface area contributed by atoms with Gasteiger partial charge in [0, 0.05) is 23.9 Å². The molecule has 5 nitrogen and oxygen atoms in total. The second-order valence-electron chi connectivity index (χ2n) is 9.69.